The summed E-state index contributed by atoms with van der Waals surface area (Å²) in [5.41, 5.74) is -0.342. The van der Waals surface area contributed by atoms with Crippen molar-refractivity contribution in [3.63, 3.8) is 0 Å². The maximum Gasteiger partial charge on any atom is 0.337 e. The number of carbonyl (C=O) groups excluding carboxylic acids is 1. The van der Waals surface area contributed by atoms with E-state index in [1.54, 1.807) is 0 Å². The third-order valence-corrected chi connectivity index (χ3v) is 2.70. The minimum atomic E-state index is -2.78. The molecule has 3 N–H and O–H groups in total. The molecule has 1 aromatic rings. The Balaban J connectivity index is 2.94. The number of nitrogens with zero attached hydrogens (tertiary/aromatic N) is 1. The number of carbonyl (C=O) groups is 2. The third-order valence-electron chi connectivity index (χ3n) is 2.47. The van der Waals surface area contributed by atoms with Crippen LogP contribution in [0.3, 0.4) is 0 Å². The maximum absolute atomic E-state index is 12.4. The number of aromatic carboxylic acids is 1. The summed E-state index contributed by atoms with van der Waals surface area (Å²) in [6, 6.07) is 2.76. The molecule has 6 nitrogen and oxygen atoms in total. The highest BCUT2D eigenvalue weighted by molar-refractivity contribution is 6.31. The van der Waals surface area contributed by atoms with Crippen LogP contribution in [0.25, 0.3) is 0 Å². The number of halogens is 3. The summed E-state index contributed by atoms with van der Waals surface area (Å²) in [5, 5.41) is 20.1. The van der Waals surface area contributed by atoms with Crippen LogP contribution in [-0.2, 0) is 0 Å². The number of carboxylic acids is 1. The van der Waals surface area contributed by atoms with Crippen LogP contribution >= 0.6 is 11.6 Å². The van der Waals surface area contributed by atoms with Gasteiger partial charge in [-0.15, -0.1) is 0 Å². The van der Waals surface area contributed by atoms with E-state index in [4.69, 9.17) is 21.8 Å². The number of aliphatic hydroxyl groups is 1. The number of alkyl halides is 2. The zero-order valence-electron chi connectivity index (χ0n) is 10.7. The topological polar surface area (TPSA) is 89.9 Å². The van der Waals surface area contributed by atoms with Crippen LogP contribution < -0.4 is 5.32 Å². The lowest BCUT2D eigenvalue weighted by Crippen LogP contribution is -2.40. The molecular weight excluding hydrogens is 310 g/mol. The van der Waals surface area contributed by atoms with E-state index in [9.17, 15) is 18.4 Å². The van der Waals surface area contributed by atoms with E-state index in [1.165, 1.54) is 18.2 Å². The fraction of sp³-hybridized carbons (Fsp3) is 0.333. The fourth-order valence-electron chi connectivity index (χ4n) is 1.56. The van der Waals surface area contributed by atoms with Crippen LogP contribution in [-0.4, -0.2) is 53.2 Å². The predicted octanol–water partition coefficient (Wildman–Crippen LogP) is 2.13. The van der Waals surface area contributed by atoms with Crippen molar-refractivity contribution >= 4 is 29.3 Å². The molecule has 1 rings (SSSR count). The fourth-order valence-corrected chi connectivity index (χ4v) is 1.74. The third kappa shape index (κ3) is 5.16. The van der Waals surface area contributed by atoms with Gasteiger partial charge < -0.3 is 20.4 Å². The number of benzene rings is 1. The quantitative estimate of drug-likeness (QED) is 0.748. The van der Waals surface area contributed by atoms with Gasteiger partial charge in [0, 0.05) is 11.6 Å². The van der Waals surface area contributed by atoms with Crippen molar-refractivity contribution in [2.75, 3.05) is 25.0 Å². The molecule has 0 fully saturated rings. The van der Waals surface area contributed by atoms with E-state index in [-0.39, 0.29) is 22.8 Å². The van der Waals surface area contributed by atoms with Gasteiger partial charge in [0.2, 0.25) is 0 Å². The zero-order chi connectivity index (χ0) is 16.0. The number of rotatable bonds is 6. The second kappa shape index (κ2) is 7.75. The average Bonchev–Trinajstić information content (AvgIpc) is 2.37. The van der Waals surface area contributed by atoms with E-state index >= 15 is 0 Å². The number of amides is 2. The standard InChI is InChI=1S/C12H13ClF2N2O4/c13-7-1-2-8(11(19)20)9(5-7)16-12(21)17(3-4-18)6-10(14)15/h1-2,5,10,18H,3-4,6H2,(H,16,21)(H,19,20). The lowest BCUT2D eigenvalue weighted by Gasteiger charge is -2.22. The number of hydrogen-bond acceptors (Lipinski definition) is 3. The van der Waals surface area contributed by atoms with Crippen molar-refractivity contribution in [1.29, 1.82) is 0 Å². The number of hydrogen-bond donors (Lipinski definition) is 3. The Bertz CT molecular complexity index is 528. The Morgan fingerprint density at radius 3 is 2.57 bits per heavy atom. The van der Waals surface area contributed by atoms with Gasteiger partial charge in [-0.3, -0.25) is 0 Å². The number of aliphatic hydroxyl groups excluding tert-OH is 1. The van der Waals surface area contributed by atoms with Gasteiger partial charge in [-0.25, -0.2) is 18.4 Å². The summed E-state index contributed by atoms with van der Waals surface area (Å²) in [4.78, 5) is 23.6. The highest BCUT2D eigenvalue weighted by Gasteiger charge is 2.20. The van der Waals surface area contributed by atoms with Gasteiger partial charge in [0.15, 0.2) is 0 Å². The van der Waals surface area contributed by atoms with Gasteiger partial charge in [0.05, 0.1) is 24.4 Å². The molecule has 116 valence electrons. The molecule has 0 aliphatic rings. The van der Waals surface area contributed by atoms with Crippen LogP contribution in [0.1, 0.15) is 10.4 Å². The normalized spacial score (nSPS) is 10.5. The van der Waals surface area contributed by atoms with Gasteiger partial charge in [0.1, 0.15) is 0 Å². The Labute approximate surface area is 123 Å². The second-order valence-corrected chi connectivity index (χ2v) is 4.42. The average molecular weight is 323 g/mol. The van der Waals surface area contributed by atoms with Crippen molar-refractivity contribution in [2.24, 2.45) is 0 Å². The minimum Gasteiger partial charge on any atom is -0.478 e. The monoisotopic (exact) mass is 322 g/mol. The molecule has 0 aliphatic heterocycles. The van der Waals surface area contributed by atoms with E-state index in [0.29, 0.717) is 4.90 Å². The van der Waals surface area contributed by atoms with E-state index < -0.39 is 31.6 Å². The summed E-state index contributed by atoms with van der Waals surface area (Å²) in [7, 11) is 0. The Hall–Kier alpha value is -1.93. The van der Waals surface area contributed by atoms with E-state index in [1.807, 2.05) is 0 Å². The largest absolute Gasteiger partial charge is 0.478 e. The van der Waals surface area contributed by atoms with Crippen LogP contribution in [0, 0.1) is 0 Å². The molecule has 0 unspecified atom stereocenters. The van der Waals surface area contributed by atoms with Crippen molar-refractivity contribution in [3.8, 4) is 0 Å². The first-order valence-electron chi connectivity index (χ1n) is 5.83. The summed E-state index contributed by atoms with van der Waals surface area (Å²) in [6.45, 7) is -1.68. The molecule has 1 aromatic carbocycles. The first-order valence-corrected chi connectivity index (χ1v) is 6.20. The molecule has 0 heterocycles. The molecule has 0 saturated carbocycles. The molecule has 0 radical (unpaired) electrons. The predicted molar refractivity (Wildman–Crippen MR) is 72.1 cm³/mol. The Morgan fingerprint density at radius 1 is 1.38 bits per heavy atom. The summed E-state index contributed by atoms with van der Waals surface area (Å²) in [5.74, 6) is -1.30. The number of nitrogens with one attached hydrogen (secondary N) is 1. The summed E-state index contributed by atoms with van der Waals surface area (Å²) >= 11 is 5.71. The smallest absolute Gasteiger partial charge is 0.337 e. The summed E-state index contributed by atoms with van der Waals surface area (Å²) in [6.07, 6.45) is -2.78. The highest BCUT2D eigenvalue weighted by atomic mass is 35.5. The SMILES string of the molecule is O=C(O)c1ccc(Cl)cc1NC(=O)N(CCO)CC(F)F. The molecule has 21 heavy (non-hydrogen) atoms. The number of carboxylic acid groups (broad SMARTS) is 1. The van der Waals surface area contributed by atoms with Crippen LogP contribution in [0.15, 0.2) is 18.2 Å². The molecule has 0 saturated heterocycles. The minimum absolute atomic E-state index is 0.114. The van der Waals surface area contributed by atoms with Crippen molar-refractivity contribution < 1.29 is 28.6 Å². The van der Waals surface area contributed by atoms with Gasteiger partial charge in [-0.2, -0.15) is 0 Å². The maximum atomic E-state index is 12.4. The molecule has 0 bridgehead atoms. The first-order chi connectivity index (χ1) is 9.85. The zero-order valence-corrected chi connectivity index (χ0v) is 11.5. The first kappa shape index (κ1) is 17.1. The highest BCUT2D eigenvalue weighted by Crippen LogP contribution is 2.21. The van der Waals surface area contributed by atoms with Gasteiger partial charge in [0.25, 0.3) is 6.43 Å². The second-order valence-electron chi connectivity index (χ2n) is 3.99. The lowest BCUT2D eigenvalue weighted by molar-refractivity contribution is 0.0697. The number of anilines is 1. The molecule has 0 spiro atoms. The molecule has 0 aromatic heterocycles. The van der Waals surface area contributed by atoms with Crippen LogP contribution in [0.5, 0.6) is 0 Å². The van der Waals surface area contributed by atoms with Crippen molar-refractivity contribution in [3.05, 3.63) is 28.8 Å². The Kier molecular flexibility index (Phi) is 6.32. The molecule has 0 atom stereocenters. The van der Waals surface area contributed by atoms with Crippen LogP contribution in [0.2, 0.25) is 5.02 Å². The van der Waals surface area contributed by atoms with Crippen LogP contribution in [0.4, 0.5) is 19.3 Å². The van der Waals surface area contributed by atoms with Gasteiger partial charge in [-0.05, 0) is 18.2 Å². The molecule has 2 amide bonds. The molecular formula is C12H13ClF2N2O4. The van der Waals surface area contributed by atoms with Gasteiger partial charge in [-0.1, -0.05) is 11.6 Å². The Morgan fingerprint density at radius 2 is 2.05 bits per heavy atom. The van der Waals surface area contributed by atoms with E-state index in [0.717, 1.165) is 0 Å². The molecule has 9 heteroatoms. The van der Waals surface area contributed by atoms with Crippen molar-refractivity contribution in [2.45, 2.75) is 6.43 Å². The lowest BCUT2D eigenvalue weighted by atomic mass is 10.2. The van der Waals surface area contributed by atoms with Gasteiger partial charge >= 0.3 is 12.0 Å². The van der Waals surface area contributed by atoms with E-state index in [2.05, 4.69) is 5.32 Å². The summed E-state index contributed by atoms with van der Waals surface area (Å²) < 4.78 is 24.7. The number of urea groups is 1. The van der Waals surface area contributed by atoms with Crippen molar-refractivity contribution in [1.82, 2.24) is 4.90 Å². The molecule has 0 aliphatic carbocycles.